The van der Waals surface area contributed by atoms with E-state index in [0.717, 1.165) is 34.2 Å². The molecule has 0 bridgehead atoms. The summed E-state index contributed by atoms with van der Waals surface area (Å²) in [5.74, 6) is 1.58. The number of rotatable bonds is 5. The Hall–Kier alpha value is -4.26. The number of nitrogens with one attached hydrogen (secondary N) is 2. The number of hydrogen-bond donors (Lipinski definition) is 4. The zero-order valence-corrected chi connectivity index (χ0v) is 18.5. The molecule has 6 heteroatoms. The molecule has 0 saturated heterocycles. The van der Waals surface area contributed by atoms with Gasteiger partial charge in [0.2, 0.25) is 0 Å². The van der Waals surface area contributed by atoms with Gasteiger partial charge in [0.05, 0.1) is 36.9 Å². The minimum atomic E-state index is 0.405. The van der Waals surface area contributed by atoms with Crippen LogP contribution in [0.25, 0.3) is 55.2 Å². The molecule has 6 rings (SSSR count). The molecule has 0 fully saturated rings. The molecule has 0 aliphatic rings. The summed E-state index contributed by atoms with van der Waals surface area (Å²) in [5, 5.41) is 4.77. The lowest BCUT2D eigenvalue weighted by Crippen LogP contribution is -1.97. The fraction of sp³-hybridized carbons (Fsp3) is 0.0714. The van der Waals surface area contributed by atoms with Gasteiger partial charge in [0, 0.05) is 11.1 Å². The highest BCUT2D eigenvalue weighted by atomic mass is 14.9. The van der Waals surface area contributed by atoms with Crippen LogP contribution in [-0.4, -0.2) is 19.9 Å². The molecule has 0 unspecified atom stereocenters. The number of imidazole rings is 2. The Morgan fingerprint density at radius 3 is 1.21 bits per heavy atom. The fourth-order valence-corrected chi connectivity index (χ4v) is 4.41. The first kappa shape index (κ1) is 20.4. The van der Waals surface area contributed by atoms with Crippen molar-refractivity contribution in [2.75, 3.05) is 0 Å². The number of aromatic amines is 2. The molecule has 34 heavy (non-hydrogen) atoms. The Morgan fingerprint density at radius 1 is 0.500 bits per heavy atom. The summed E-state index contributed by atoms with van der Waals surface area (Å²) < 4.78 is 0. The molecular formula is C28H24N6. The Morgan fingerprint density at radius 2 is 0.853 bits per heavy atom. The van der Waals surface area contributed by atoms with E-state index in [-0.39, 0.29) is 0 Å². The summed E-state index contributed by atoms with van der Waals surface area (Å²) in [6, 6.07) is 26.1. The second-order valence-corrected chi connectivity index (χ2v) is 8.45. The average molecular weight is 445 g/mol. The number of benzene rings is 4. The molecule has 6 nitrogen and oxygen atoms in total. The van der Waals surface area contributed by atoms with Gasteiger partial charge in [0.25, 0.3) is 0 Å². The third kappa shape index (κ3) is 3.65. The van der Waals surface area contributed by atoms with Crippen molar-refractivity contribution in [2.45, 2.75) is 13.1 Å². The van der Waals surface area contributed by atoms with E-state index in [0.29, 0.717) is 13.1 Å². The van der Waals surface area contributed by atoms with Crippen LogP contribution < -0.4 is 11.5 Å². The normalized spacial score (nSPS) is 11.5. The molecule has 0 aliphatic carbocycles. The lowest BCUT2D eigenvalue weighted by atomic mass is 9.97. The van der Waals surface area contributed by atoms with Crippen LogP contribution in [-0.2, 0) is 13.1 Å². The van der Waals surface area contributed by atoms with E-state index in [9.17, 15) is 0 Å². The Labute approximate surface area is 196 Å². The average Bonchev–Trinajstić information content (AvgIpc) is 3.57. The van der Waals surface area contributed by atoms with Crippen molar-refractivity contribution in [2.24, 2.45) is 11.5 Å². The number of hydrogen-bond acceptors (Lipinski definition) is 4. The smallest absolute Gasteiger partial charge is 0.120 e. The number of nitrogens with two attached hydrogens (primary N) is 2. The summed E-state index contributed by atoms with van der Waals surface area (Å²) in [6.07, 6.45) is 3.67. The van der Waals surface area contributed by atoms with Crippen LogP contribution in [0.2, 0.25) is 0 Å². The van der Waals surface area contributed by atoms with Crippen LogP contribution in [0.1, 0.15) is 11.6 Å². The number of H-pyrrole nitrogens is 2. The van der Waals surface area contributed by atoms with Gasteiger partial charge in [-0.05, 0) is 56.9 Å². The molecule has 6 aromatic rings. The standard InChI is InChI=1S/C28H24N6/c29-13-27-31-15-25(33-27)23-7-5-19-9-17(1-3-21(19)11-23)18-2-4-22-12-24(8-6-20(22)10-18)26-16-32-28(14-30)34-26/h1-12,15-16H,13-14,29-30H2,(H,31,33)(H,32,34). The fourth-order valence-electron chi connectivity index (χ4n) is 4.41. The van der Waals surface area contributed by atoms with E-state index >= 15 is 0 Å². The van der Waals surface area contributed by atoms with Crippen LogP contribution in [0.5, 0.6) is 0 Å². The summed E-state index contributed by atoms with van der Waals surface area (Å²) in [4.78, 5) is 15.2. The van der Waals surface area contributed by atoms with Crippen molar-refractivity contribution in [1.82, 2.24) is 19.9 Å². The van der Waals surface area contributed by atoms with Gasteiger partial charge in [-0.25, -0.2) is 9.97 Å². The van der Waals surface area contributed by atoms with Crippen molar-refractivity contribution < 1.29 is 0 Å². The third-order valence-electron chi connectivity index (χ3n) is 6.28. The Balaban J connectivity index is 1.32. The predicted octanol–water partition coefficient (Wildman–Crippen LogP) is 5.36. The maximum Gasteiger partial charge on any atom is 0.120 e. The summed E-state index contributed by atoms with van der Waals surface area (Å²) in [7, 11) is 0. The van der Waals surface area contributed by atoms with Crippen LogP contribution >= 0.6 is 0 Å². The molecule has 4 aromatic carbocycles. The van der Waals surface area contributed by atoms with Gasteiger partial charge in [0.15, 0.2) is 0 Å². The number of fused-ring (bicyclic) bond motifs is 2. The molecule has 166 valence electrons. The maximum absolute atomic E-state index is 5.68. The zero-order chi connectivity index (χ0) is 23.1. The summed E-state index contributed by atoms with van der Waals surface area (Å²) in [6.45, 7) is 0.810. The second-order valence-electron chi connectivity index (χ2n) is 8.45. The van der Waals surface area contributed by atoms with Crippen molar-refractivity contribution >= 4 is 21.5 Å². The van der Waals surface area contributed by atoms with E-state index in [1.165, 1.54) is 32.7 Å². The Kier molecular flexibility index (Phi) is 4.95. The van der Waals surface area contributed by atoms with Gasteiger partial charge < -0.3 is 21.4 Å². The molecule has 0 aliphatic heterocycles. The van der Waals surface area contributed by atoms with Crippen LogP contribution in [0.15, 0.2) is 85.2 Å². The van der Waals surface area contributed by atoms with Crippen LogP contribution in [0, 0.1) is 0 Å². The lowest BCUT2D eigenvalue weighted by Gasteiger charge is -2.08. The molecule has 0 saturated carbocycles. The van der Waals surface area contributed by atoms with Crippen molar-refractivity contribution in [3.63, 3.8) is 0 Å². The van der Waals surface area contributed by atoms with Gasteiger partial charge in [-0.1, -0.05) is 48.5 Å². The highest BCUT2D eigenvalue weighted by Crippen LogP contribution is 2.31. The summed E-state index contributed by atoms with van der Waals surface area (Å²) >= 11 is 0. The third-order valence-corrected chi connectivity index (χ3v) is 6.28. The molecule has 0 radical (unpaired) electrons. The van der Waals surface area contributed by atoms with Gasteiger partial charge in [-0.3, -0.25) is 0 Å². The summed E-state index contributed by atoms with van der Waals surface area (Å²) in [5.41, 5.74) is 17.9. The molecular weight excluding hydrogens is 420 g/mol. The van der Waals surface area contributed by atoms with E-state index in [2.05, 4.69) is 92.7 Å². The Bertz CT molecular complexity index is 1520. The highest BCUT2D eigenvalue weighted by Gasteiger charge is 2.07. The van der Waals surface area contributed by atoms with E-state index in [1.807, 2.05) is 12.4 Å². The molecule has 2 heterocycles. The molecule has 0 spiro atoms. The first-order valence-electron chi connectivity index (χ1n) is 11.3. The maximum atomic E-state index is 5.68. The minimum Gasteiger partial charge on any atom is -0.341 e. The number of aromatic nitrogens is 4. The van der Waals surface area contributed by atoms with E-state index in [1.54, 1.807) is 0 Å². The van der Waals surface area contributed by atoms with E-state index < -0.39 is 0 Å². The quantitative estimate of drug-likeness (QED) is 0.287. The molecule has 0 amide bonds. The van der Waals surface area contributed by atoms with E-state index in [4.69, 9.17) is 11.5 Å². The second kappa shape index (κ2) is 8.26. The lowest BCUT2D eigenvalue weighted by molar-refractivity contribution is 0.950. The SMILES string of the molecule is NCc1ncc(-c2ccc3cc(-c4ccc5cc(-c6cnc(CN)[nH]6)ccc5c4)ccc3c2)[nH]1. The van der Waals surface area contributed by atoms with Crippen LogP contribution in [0.4, 0.5) is 0 Å². The van der Waals surface area contributed by atoms with Crippen molar-refractivity contribution in [3.8, 4) is 33.6 Å². The zero-order valence-electron chi connectivity index (χ0n) is 18.5. The number of nitrogens with zero attached hydrogens (tertiary/aromatic N) is 2. The van der Waals surface area contributed by atoms with Gasteiger partial charge in [-0.15, -0.1) is 0 Å². The largest absolute Gasteiger partial charge is 0.341 e. The van der Waals surface area contributed by atoms with Gasteiger partial charge >= 0.3 is 0 Å². The molecule has 6 N–H and O–H groups in total. The van der Waals surface area contributed by atoms with Crippen molar-refractivity contribution in [3.05, 3.63) is 96.8 Å². The molecule has 2 aromatic heterocycles. The van der Waals surface area contributed by atoms with Crippen molar-refractivity contribution in [1.29, 1.82) is 0 Å². The topological polar surface area (TPSA) is 109 Å². The highest BCUT2D eigenvalue weighted by molar-refractivity contribution is 5.94. The molecule has 0 atom stereocenters. The van der Waals surface area contributed by atoms with Gasteiger partial charge in [0.1, 0.15) is 11.6 Å². The predicted molar refractivity (Wildman–Crippen MR) is 138 cm³/mol. The van der Waals surface area contributed by atoms with Crippen LogP contribution in [0.3, 0.4) is 0 Å². The van der Waals surface area contributed by atoms with Gasteiger partial charge in [-0.2, -0.15) is 0 Å². The first-order valence-corrected chi connectivity index (χ1v) is 11.3. The minimum absolute atomic E-state index is 0.405. The first-order chi connectivity index (χ1) is 16.7. The monoisotopic (exact) mass is 444 g/mol.